The van der Waals surface area contributed by atoms with Crippen molar-refractivity contribution in [1.29, 1.82) is 0 Å². The summed E-state index contributed by atoms with van der Waals surface area (Å²) in [4.78, 5) is 4.21. The van der Waals surface area contributed by atoms with Crippen LogP contribution in [0, 0.1) is 5.82 Å². The average Bonchev–Trinajstić information content (AvgIpc) is 2.80. The van der Waals surface area contributed by atoms with Crippen LogP contribution in [0.2, 0.25) is 0 Å². The van der Waals surface area contributed by atoms with E-state index < -0.39 is 17.8 Å². The number of hydrogen-bond acceptors (Lipinski definition) is 2. The van der Waals surface area contributed by atoms with Gasteiger partial charge in [0.05, 0.1) is 17.3 Å². The Morgan fingerprint density at radius 3 is 2.65 bits per heavy atom. The van der Waals surface area contributed by atoms with E-state index in [2.05, 4.69) is 10.1 Å². The van der Waals surface area contributed by atoms with Crippen LogP contribution in [0.3, 0.4) is 0 Å². The molecule has 20 heavy (non-hydrogen) atoms. The molecule has 2 heterocycles. The second-order valence-electron chi connectivity index (χ2n) is 4.43. The van der Waals surface area contributed by atoms with Crippen molar-refractivity contribution >= 4 is 11.0 Å². The van der Waals surface area contributed by atoms with Crippen LogP contribution in [-0.4, -0.2) is 14.8 Å². The molecule has 0 amide bonds. The highest BCUT2D eigenvalue weighted by molar-refractivity contribution is 5.80. The predicted molar refractivity (Wildman–Crippen MR) is 68.9 cm³/mol. The van der Waals surface area contributed by atoms with E-state index in [0.717, 1.165) is 17.6 Å². The molecule has 0 radical (unpaired) electrons. The Balaban J connectivity index is 2.15. The number of fused-ring (bicyclic) bond motifs is 1. The molecule has 1 aromatic carbocycles. The molecule has 0 saturated heterocycles. The molecule has 2 aromatic heterocycles. The largest absolute Gasteiger partial charge is 0.266 e. The van der Waals surface area contributed by atoms with Gasteiger partial charge in [-0.2, -0.15) is 5.10 Å². The summed E-state index contributed by atoms with van der Waals surface area (Å²) >= 11 is 0. The first-order valence-corrected chi connectivity index (χ1v) is 5.92. The summed E-state index contributed by atoms with van der Waals surface area (Å²) in [5.41, 5.74) is 2.03. The number of benzene rings is 1. The van der Waals surface area contributed by atoms with Gasteiger partial charge < -0.3 is 0 Å². The van der Waals surface area contributed by atoms with Gasteiger partial charge in [0.25, 0.3) is 6.43 Å². The smallest absolute Gasteiger partial charge is 0.266 e. The lowest BCUT2D eigenvalue weighted by Crippen LogP contribution is -1.93. The number of hydrogen-bond donors (Lipinski definition) is 0. The van der Waals surface area contributed by atoms with E-state index in [1.54, 1.807) is 30.2 Å². The fourth-order valence-corrected chi connectivity index (χ4v) is 2.07. The average molecular weight is 277 g/mol. The second-order valence-corrected chi connectivity index (χ2v) is 4.43. The van der Waals surface area contributed by atoms with Crippen LogP contribution in [0.4, 0.5) is 13.2 Å². The zero-order valence-corrected chi connectivity index (χ0v) is 10.5. The molecular weight excluding hydrogens is 267 g/mol. The van der Waals surface area contributed by atoms with Gasteiger partial charge >= 0.3 is 0 Å². The number of aryl methyl sites for hydroxylation is 1. The zero-order valence-electron chi connectivity index (χ0n) is 10.5. The molecular formula is C14H10F3N3. The first-order valence-electron chi connectivity index (χ1n) is 5.92. The lowest BCUT2D eigenvalue weighted by atomic mass is 10.0. The Hall–Kier alpha value is -2.37. The highest BCUT2D eigenvalue weighted by atomic mass is 19.3. The normalized spacial score (nSPS) is 11.4. The predicted octanol–water partition coefficient (Wildman–Crippen LogP) is 3.71. The third kappa shape index (κ3) is 2.03. The van der Waals surface area contributed by atoms with Crippen molar-refractivity contribution in [2.45, 2.75) is 6.43 Å². The standard InChI is InChI=1S/C14H10F3N3/c1-20-13-5-9(6-18-12(13)7-19-20)8-2-3-11(15)10(4-8)14(16)17/h2-7,14H,1H3. The van der Waals surface area contributed by atoms with Gasteiger partial charge in [0.2, 0.25) is 0 Å². The molecule has 3 aromatic rings. The highest BCUT2D eigenvalue weighted by Crippen LogP contribution is 2.29. The van der Waals surface area contributed by atoms with Gasteiger partial charge in [0, 0.05) is 18.8 Å². The van der Waals surface area contributed by atoms with E-state index in [1.807, 2.05) is 0 Å². The van der Waals surface area contributed by atoms with Crippen molar-refractivity contribution in [3.63, 3.8) is 0 Å². The van der Waals surface area contributed by atoms with Crippen LogP contribution >= 0.6 is 0 Å². The number of halogens is 3. The van der Waals surface area contributed by atoms with Crippen molar-refractivity contribution in [3.8, 4) is 11.1 Å². The molecule has 0 N–H and O–H groups in total. The molecule has 0 aliphatic carbocycles. The summed E-state index contributed by atoms with van der Waals surface area (Å²) in [7, 11) is 1.77. The van der Waals surface area contributed by atoms with Gasteiger partial charge in [-0.1, -0.05) is 6.07 Å². The maximum atomic E-state index is 13.3. The molecule has 3 rings (SSSR count). The fraction of sp³-hybridized carbons (Fsp3) is 0.143. The van der Waals surface area contributed by atoms with Crippen LogP contribution in [0.5, 0.6) is 0 Å². The Bertz CT molecular complexity index is 780. The zero-order chi connectivity index (χ0) is 14.3. The van der Waals surface area contributed by atoms with E-state index in [0.29, 0.717) is 16.6 Å². The summed E-state index contributed by atoms with van der Waals surface area (Å²) in [6.45, 7) is 0. The van der Waals surface area contributed by atoms with E-state index in [-0.39, 0.29) is 0 Å². The van der Waals surface area contributed by atoms with E-state index in [1.165, 1.54) is 6.07 Å². The number of rotatable bonds is 2. The maximum Gasteiger partial charge on any atom is 0.266 e. The van der Waals surface area contributed by atoms with Gasteiger partial charge in [-0.3, -0.25) is 9.67 Å². The lowest BCUT2D eigenvalue weighted by molar-refractivity contribution is 0.146. The number of aromatic nitrogens is 3. The van der Waals surface area contributed by atoms with Gasteiger partial charge in [-0.05, 0) is 23.8 Å². The first-order chi connectivity index (χ1) is 9.56. The highest BCUT2D eigenvalue weighted by Gasteiger charge is 2.14. The Kier molecular flexibility index (Phi) is 2.93. The minimum Gasteiger partial charge on any atom is -0.266 e. The van der Waals surface area contributed by atoms with Gasteiger partial charge in [-0.15, -0.1) is 0 Å². The molecule has 0 aliphatic rings. The quantitative estimate of drug-likeness (QED) is 0.715. The van der Waals surface area contributed by atoms with Crippen molar-refractivity contribution in [2.75, 3.05) is 0 Å². The summed E-state index contributed by atoms with van der Waals surface area (Å²) < 4.78 is 40.4. The first kappa shape index (κ1) is 12.7. The van der Waals surface area contributed by atoms with E-state index in [9.17, 15) is 13.2 Å². The number of nitrogens with zero attached hydrogens (tertiary/aromatic N) is 3. The second kappa shape index (κ2) is 4.63. The summed E-state index contributed by atoms with van der Waals surface area (Å²) in [5, 5.41) is 4.06. The molecule has 3 nitrogen and oxygen atoms in total. The minimum absolute atomic E-state index is 0.498. The molecule has 0 aliphatic heterocycles. The summed E-state index contributed by atoms with van der Waals surface area (Å²) in [5.74, 6) is -0.904. The molecule has 0 atom stereocenters. The van der Waals surface area contributed by atoms with Crippen molar-refractivity contribution in [2.24, 2.45) is 7.05 Å². The van der Waals surface area contributed by atoms with Crippen molar-refractivity contribution < 1.29 is 13.2 Å². The molecule has 0 saturated carbocycles. The molecule has 102 valence electrons. The molecule has 0 spiro atoms. The van der Waals surface area contributed by atoms with Crippen LogP contribution in [-0.2, 0) is 7.05 Å². The third-order valence-corrected chi connectivity index (χ3v) is 3.16. The summed E-state index contributed by atoms with van der Waals surface area (Å²) in [6, 6.07) is 5.45. The topological polar surface area (TPSA) is 30.7 Å². The van der Waals surface area contributed by atoms with Crippen LogP contribution in [0.25, 0.3) is 22.2 Å². The maximum absolute atomic E-state index is 13.3. The Labute approximate surface area is 112 Å². The fourth-order valence-electron chi connectivity index (χ4n) is 2.07. The molecule has 0 fully saturated rings. The van der Waals surface area contributed by atoms with Crippen LogP contribution in [0.1, 0.15) is 12.0 Å². The van der Waals surface area contributed by atoms with E-state index >= 15 is 0 Å². The summed E-state index contributed by atoms with van der Waals surface area (Å²) in [6.07, 6.45) is 0.337. The van der Waals surface area contributed by atoms with Crippen molar-refractivity contribution in [3.05, 3.63) is 48.0 Å². The third-order valence-electron chi connectivity index (χ3n) is 3.16. The molecule has 0 unspecified atom stereocenters. The molecule has 6 heteroatoms. The minimum atomic E-state index is -2.84. The van der Waals surface area contributed by atoms with Gasteiger partial charge in [0.15, 0.2) is 0 Å². The van der Waals surface area contributed by atoms with Crippen LogP contribution in [0.15, 0.2) is 36.7 Å². The van der Waals surface area contributed by atoms with Crippen molar-refractivity contribution in [1.82, 2.24) is 14.8 Å². The SMILES string of the molecule is Cn1ncc2ncc(-c3ccc(F)c(C(F)F)c3)cc21. The molecule has 0 bridgehead atoms. The number of alkyl halides is 2. The Morgan fingerprint density at radius 2 is 1.90 bits per heavy atom. The lowest BCUT2D eigenvalue weighted by Gasteiger charge is -2.06. The van der Waals surface area contributed by atoms with Crippen LogP contribution < -0.4 is 0 Å². The monoisotopic (exact) mass is 277 g/mol. The van der Waals surface area contributed by atoms with E-state index in [4.69, 9.17) is 0 Å². The van der Waals surface area contributed by atoms with Gasteiger partial charge in [-0.25, -0.2) is 13.2 Å². The van der Waals surface area contributed by atoms with Gasteiger partial charge in [0.1, 0.15) is 11.3 Å². The Morgan fingerprint density at radius 1 is 1.10 bits per heavy atom. The number of pyridine rings is 1.